The van der Waals surface area contributed by atoms with Crippen molar-refractivity contribution in [3.8, 4) is 0 Å². The fourth-order valence-corrected chi connectivity index (χ4v) is 4.67. The maximum absolute atomic E-state index is 13.4. The van der Waals surface area contributed by atoms with E-state index in [0.29, 0.717) is 19.7 Å². The number of para-hydroxylation sites is 1. The SMILES string of the molecule is CC(C)(N)C(=O)N[C@H](COCc1ccccc1)C(=O)N1CCC2(CC1)CNc1ccccc12. The molecule has 0 radical (unpaired) electrons. The van der Waals surface area contributed by atoms with Gasteiger partial charge in [0.05, 0.1) is 18.8 Å². The van der Waals surface area contributed by atoms with Crippen molar-refractivity contribution in [2.24, 2.45) is 5.73 Å². The highest BCUT2D eigenvalue weighted by Gasteiger charge is 2.43. The standard InChI is InChI=1S/C26H34N4O3/c1-25(2,27)24(32)29-22(17-33-16-19-8-4-3-5-9-19)23(31)30-14-12-26(13-15-30)18-28-21-11-7-6-10-20(21)26/h3-11,22,28H,12-18,27H2,1-2H3,(H,29,32)/t22-/m1/s1. The molecule has 2 heterocycles. The van der Waals surface area contributed by atoms with Crippen molar-refractivity contribution in [1.82, 2.24) is 10.2 Å². The molecule has 0 unspecified atom stereocenters. The summed E-state index contributed by atoms with van der Waals surface area (Å²) in [5, 5.41) is 6.34. The summed E-state index contributed by atoms with van der Waals surface area (Å²) in [6, 6.07) is 17.4. The van der Waals surface area contributed by atoms with Crippen LogP contribution in [0.2, 0.25) is 0 Å². The smallest absolute Gasteiger partial charge is 0.247 e. The summed E-state index contributed by atoms with van der Waals surface area (Å²) in [6.45, 7) is 5.92. The Morgan fingerprint density at radius 2 is 1.79 bits per heavy atom. The molecular weight excluding hydrogens is 416 g/mol. The van der Waals surface area contributed by atoms with Crippen molar-refractivity contribution in [1.29, 1.82) is 0 Å². The predicted molar refractivity (Wildman–Crippen MR) is 129 cm³/mol. The molecule has 0 aliphatic carbocycles. The number of fused-ring (bicyclic) bond motifs is 2. The Bertz CT molecular complexity index is 979. The maximum atomic E-state index is 13.4. The molecule has 4 N–H and O–H groups in total. The lowest BCUT2D eigenvalue weighted by molar-refractivity contribution is -0.140. The van der Waals surface area contributed by atoms with Gasteiger partial charge in [-0.1, -0.05) is 48.5 Å². The van der Waals surface area contributed by atoms with E-state index in [1.165, 1.54) is 11.3 Å². The fourth-order valence-electron chi connectivity index (χ4n) is 4.67. The molecule has 2 amide bonds. The minimum absolute atomic E-state index is 0.0647. The normalized spacial score (nSPS) is 17.8. The lowest BCUT2D eigenvalue weighted by atomic mass is 9.74. The van der Waals surface area contributed by atoms with Crippen LogP contribution in [-0.2, 0) is 26.3 Å². The highest BCUT2D eigenvalue weighted by Crippen LogP contribution is 2.43. The Labute approximate surface area is 195 Å². The van der Waals surface area contributed by atoms with E-state index >= 15 is 0 Å². The molecule has 1 fully saturated rings. The first-order valence-electron chi connectivity index (χ1n) is 11.6. The Morgan fingerprint density at radius 3 is 2.48 bits per heavy atom. The number of benzene rings is 2. The molecule has 1 atom stereocenters. The highest BCUT2D eigenvalue weighted by atomic mass is 16.5. The Balaban J connectivity index is 1.40. The number of hydrogen-bond donors (Lipinski definition) is 3. The van der Waals surface area contributed by atoms with Crippen molar-refractivity contribution in [3.63, 3.8) is 0 Å². The van der Waals surface area contributed by atoms with Crippen LogP contribution in [0.25, 0.3) is 0 Å². The Morgan fingerprint density at radius 1 is 1.12 bits per heavy atom. The van der Waals surface area contributed by atoms with Crippen LogP contribution in [0.1, 0.15) is 37.8 Å². The van der Waals surface area contributed by atoms with Crippen LogP contribution in [0.15, 0.2) is 54.6 Å². The number of nitrogens with zero attached hydrogens (tertiary/aromatic N) is 1. The van der Waals surface area contributed by atoms with Gasteiger partial charge in [0.2, 0.25) is 11.8 Å². The van der Waals surface area contributed by atoms with E-state index in [0.717, 1.165) is 24.9 Å². The largest absolute Gasteiger partial charge is 0.384 e. The number of nitrogens with one attached hydrogen (secondary N) is 2. The molecule has 2 aliphatic rings. The Hall–Kier alpha value is -2.90. The summed E-state index contributed by atoms with van der Waals surface area (Å²) in [5.74, 6) is -0.485. The zero-order valence-corrected chi connectivity index (χ0v) is 19.5. The second kappa shape index (κ2) is 9.53. The minimum atomic E-state index is -1.08. The van der Waals surface area contributed by atoms with Gasteiger partial charge in [-0.05, 0) is 43.9 Å². The molecule has 1 saturated heterocycles. The molecule has 1 spiro atoms. The Kier molecular flexibility index (Phi) is 6.72. The van der Waals surface area contributed by atoms with E-state index in [-0.39, 0.29) is 23.8 Å². The lowest BCUT2D eigenvalue weighted by Crippen LogP contribution is -2.59. The van der Waals surface area contributed by atoms with E-state index in [2.05, 4.69) is 28.8 Å². The summed E-state index contributed by atoms with van der Waals surface area (Å²) in [4.78, 5) is 27.8. The van der Waals surface area contributed by atoms with E-state index in [4.69, 9.17) is 10.5 Å². The number of nitrogens with two attached hydrogens (primary N) is 1. The van der Waals surface area contributed by atoms with E-state index in [9.17, 15) is 9.59 Å². The number of likely N-dealkylation sites (tertiary alicyclic amines) is 1. The topological polar surface area (TPSA) is 96.7 Å². The van der Waals surface area contributed by atoms with Gasteiger partial charge in [0.15, 0.2) is 0 Å². The number of piperidine rings is 1. The third-order valence-electron chi connectivity index (χ3n) is 6.73. The molecule has 2 aromatic rings. The predicted octanol–water partition coefficient (Wildman–Crippen LogP) is 2.41. The molecule has 7 nitrogen and oxygen atoms in total. The second-order valence-electron chi connectivity index (χ2n) is 9.75. The number of amides is 2. The second-order valence-corrected chi connectivity index (χ2v) is 9.75. The van der Waals surface area contributed by atoms with Crippen LogP contribution >= 0.6 is 0 Å². The minimum Gasteiger partial charge on any atom is -0.384 e. The zero-order chi connectivity index (χ0) is 23.5. The summed E-state index contributed by atoms with van der Waals surface area (Å²) in [5.41, 5.74) is 8.51. The average Bonchev–Trinajstić information content (AvgIpc) is 3.16. The molecule has 176 valence electrons. The molecule has 0 aromatic heterocycles. The van der Waals surface area contributed by atoms with Crippen LogP contribution in [0.3, 0.4) is 0 Å². The number of ether oxygens (including phenoxy) is 1. The lowest BCUT2D eigenvalue weighted by Gasteiger charge is -2.40. The van der Waals surface area contributed by atoms with Crippen LogP contribution < -0.4 is 16.4 Å². The average molecular weight is 451 g/mol. The first kappa shape index (κ1) is 23.3. The summed E-state index contributed by atoms with van der Waals surface area (Å²) in [6.07, 6.45) is 1.77. The molecule has 4 rings (SSSR count). The molecule has 0 saturated carbocycles. The van der Waals surface area contributed by atoms with Gasteiger partial charge in [0, 0.05) is 30.7 Å². The molecular formula is C26H34N4O3. The van der Waals surface area contributed by atoms with E-state index in [1.54, 1.807) is 13.8 Å². The quantitative estimate of drug-likeness (QED) is 0.602. The number of anilines is 1. The van der Waals surface area contributed by atoms with Gasteiger partial charge in [-0.2, -0.15) is 0 Å². The third-order valence-corrected chi connectivity index (χ3v) is 6.73. The first-order chi connectivity index (χ1) is 15.8. The van der Waals surface area contributed by atoms with Crippen molar-refractivity contribution in [2.45, 2.75) is 50.3 Å². The van der Waals surface area contributed by atoms with Gasteiger partial charge in [-0.15, -0.1) is 0 Å². The van der Waals surface area contributed by atoms with Gasteiger partial charge < -0.3 is 26.0 Å². The van der Waals surface area contributed by atoms with Crippen molar-refractivity contribution < 1.29 is 14.3 Å². The van der Waals surface area contributed by atoms with Gasteiger partial charge in [0.1, 0.15) is 6.04 Å². The van der Waals surface area contributed by atoms with E-state index in [1.807, 2.05) is 41.3 Å². The maximum Gasteiger partial charge on any atom is 0.247 e. The van der Waals surface area contributed by atoms with Gasteiger partial charge in [-0.25, -0.2) is 0 Å². The van der Waals surface area contributed by atoms with Crippen LogP contribution in [0, 0.1) is 0 Å². The molecule has 2 aliphatic heterocycles. The van der Waals surface area contributed by atoms with Crippen molar-refractivity contribution >= 4 is 17.5 Å². The van der Waals surface area contributed by atoms with Crippen molar-refractivity contribution in [3.05, 3.63) is 65.7 Å². The molecule has 33 heavy (non-hydrogen) atoms. The van der Waals surface area contributed by atoms with Crippen LogP contribution in [0.4, 0.5) is 5.69 Å². The van der Waals surface area contributed by atoms with Gasteiger partial charge >= 0.3 is 0 Å². The van der Waals surface area contributed by atoms with Crippen molar-refractivity contribution in [2.75, 3.05) is 31.6 Å². The highest BCUT2D eigenvalue weighted by molar-refractivity contribution is 5.91. The van der Waals surface area contributed by atoms with Gasteiger partial charge in [-0.3, -0.25) is 9.59 Å². The van der Waals surface area contributed by atoms with E-state index < -0.39 is 11.6 Å². The molecule has 0 bridgehead atoms. The molecule has 2 aromatic carbocycles. The van der Waals surface area contributed by atoms with Crippen LogP contribution in [-0.4, -0.2) is 54.5 Å². The number of rotatable bonds is 7. The number of carbonyl (C=O) groups is 2. The third kappa shape index (κ3) is 5.20. The summed E-state index contributed by atoms with van der Waals surface area (Å²) in [7, 11) is 0. The molecule has 7 heteroatoms. The van der Waals surface area contributed by atoms with Gasteiger partial charge in [0.25, 0.3) is 0 Å². The fraction of sp³-hybridized carbons (Fsp3) is 0.462. The number of carbonyl (C=O) groups excluding carboxylic acids is 2. The monoisotopic (exact) mass is 450 g/mol. The summed E-state index contributed by atoms with van der Waals surface area (Å²) >= 11 is 0. The zero-order valence-electron chi connectivity index (χ0n) is 19.5. The van der Waals surface area contributed by atoms with Crippen LogP contribution in [0.5, 0.6) is 0 Å². The number of hydrogen-bond acceptors (Lipinski definition) is 5. The first-order valence-corrected chi connectivity index (χ1v) is 11.6. The summed E-state index contributed by atoms with van der Waals surface area (Å²) < 4.78 is 5.83.